The van der Waals surface area contributed by atoms with Gasteiger partial charge in [0.05, 0.1) is 5.69 Å². The summed E-state index contributed by atoms with van der Waals surface area (Å²) in [6.45, 7) is 0. The van der Waals surface area contributed by atoms with Crippen LogP contribution in [-0.4, -0.2) is 51.2 Å². The number of methoxy groups -OCH3 is 1. The van der Waals surface area contributed by atoms with Gasteiger partial charge >= 0.3 is 0 Å². The molecule has 174 valence electrons. The molecular weight excluding hydrogens is 450 g/mol. The molecule has 1 aliphatic carbocycles. The highest BCUT2D eigenvalue weighted by Crippen LogP contribution is 2.46. The fourth-order valence-corrected chi connectivity index (χ4v) is 5.23. The van der Waals surface area contributed by atoms with E-state index < -0.39 is 27.7 Å². The molecule has 1 fully saturated rings. The molecule has 0 saturated heterocycles. The van der Waals surface area contributed by atoms with Crippen LogP contribution in [-0.2, 0) is 25.1 Å². The number of hydroxylamine groups is 2. The van der Waals surface area contributed by atoms with Gasteiger partial charge in [-0.05, 0) is 31.0 Å². The fourth-order valence-electron chi connectivity index (χ4n) is 4.77. The Labute approximate surface area is 189 Å². The fraction of sp³-hybridized carbons (Fsp3) is 0.400. The molecule has 4 N–H and O–H groups in total. The van der Waals surface area contributed by atoms with Crippen LogP contribution in [0, 0.1) is 0 Å². The highest BCUT2D eigenvalue weighted by atomic mass is 32.2. The first kappa shape index (κ1) is 21.7. The summed E-state index contributed by atoms with van der Waals surface area (Å²) in [7, 11) is -2.42. The van der Waals surface area contributed by atoms with Crippen LogP contribution in [0.3, 0.4) is 0 Å². The molecule has 13 heteroatoms. The predicted molar refractivity (Wildman–Crippen MR) is 116 cm³/mol. The van der Waals surface area contributed by atoms with Crippen molar-refractivity contribution >= 4 is 38.7 Å². The van der Waals surface area contributed by atoms with E-state index in [1.165, 1.54) is 19.2 Å². The number of pyridine rings is 1. The van der Waals surface area contributed by atoms with Crippen molar-refractivity contribution in [3.63, 3.8) is 0 Å². The number of amides is 1. The molecule has 12 nitrogen and oxygen atoms in total. The Morgan fingerprint density at radius 1 is 1.21 bits per heavy atom. The summed E-state index contributed by atoms with van der Waals surface area (Å²) in [5.41, 5.74) is 0.216. The van der Waals surface area contributed by atoms with Crippen molar-refractivity contribution in [2.24, 2.45) is 5.14 Å². The normalized spacial score (nSPS) is 20.3. The average molecular weight is 474 g/mol. The van der Waals surface area contributed by atoms with E-state index in [1.54, 1.807) is 6.20 Å². The molecule has 1 saturated carbocycles. The van der Waals surface area contributed by atoms with Crippen molar-refractivity contribution in [3.8, 4) is 0 Å². The van der Waals surface area contributed by atoms with Crippen molar-refractivity contribution in [2.75, 3.05) is 12.4 Å². The zero-order valence-corrected chi connectivity index (χ0v) is 18.6. The van der Waals surface area contributed by atoms with Crippen LogP contribution in [0.4, 0.5) is 11.8 Å². The van der Waals surface area contributed by atoms with Crippen LogP contribution in [0.1, 0.15) is 44.0 Å². The van der Waals surface area contributed by atoms with Gasteiger partial charge in [0.2, 0.25) is 16.0 Å². The second-order valence-corrected chi connectivity index (χ2v) is 9.82. The number of carbonyl (C=O) groups excluding carboxylic acids is 1. The van der Waals surface area contributed by atoms with Crippen molar-refractivity contribution in [3.05, 3.63) is 36.3 Å². The van der Waals surface area contributed by atoms with Crippen molar-refractivity contribution in [2.45, 2.75) is 48.8 Å². The number of rotatable bonds is 4. The maximum Gasteiger partial charge on any atom is 0.275 e. The van der Waals surface area contributed by atoms with E-state index in [0.29, 0.717) is 40.5 Å². The quantitative estimate of drug-likeness (QED) is 0.478. The Hall–Kier alpha value is -3.13. The predicted octanol–water partition coefficient (Wildman–Crippen LogP) is 1.75. The molecule has 2 aliphatic rings. The molecule has 0 aromatic carbocycles. The Balaban J connectivity index is 1.60. The van der Waals surface area contributed by atoms with Crippen molar-refractivity contribution < 1.29 is 23.2 Å². The van der Waals surface area contributed by atoms with E-state index in [2.05, 4.69) is 20.3 Å². The smallest absolute Gasteiger partial charge is 0.275 e. The Kier molecular flexibility index (Phi) is 5.08. The second kappa shape index (κ2) is 7.73. The third kappa shape index (κ3) is 3.44. The molecule has 1 unspecified atom stereocenters. The average Bonchev–Trinajstić information content (AvgIpc) is 3.18. The number of nitrogens with two attached hydrogens (primary N) is 1. The first-order chi connectivity index (χ1) is 15.7. The van der Waals surface area contributed by atoms with E-state index in [1.807, 2.05) is 10.6 Å². The lowest BCUT2D eigenvalue weighted by atomic mass is 9.79. The second-order valence-electron chi connectivity index (χ2n) is 8.26. The van der Waals surface area contributed by atoms with Crippen LogP contribution in [0.15, 0.2) is 35.5 Å². The molecule has 1 aliphatic heterocycles. The lowest BCUT2D eigenvalue weighted by Gasteiger charge is -2.46. The Morgan fingerprint density at radius 3 is 2.61 bits per heavy atom. The third-order valence-corrected chi connectivity index (χ3v) is 7.19. The van der Waals surface area contributed by atoms with Crippen LogP contribution < -0.4 is 10.5 Å². The maximum atomic E-state index is 13.3. The largest absolute Gasteiger partial charge is 0.354 e. The number of hydrogen-bond acceptors (Lipinski definition) is 9. The van der Waals surface area contributed by atoms with Crippen LogP contribution >= 0.6 is 0 Å². The SMILES string of the molecule is COC1c2cc3cnc(Nc4ccc(S(N)(=O)=O)cn4)nc3n2C2(CCCCC2)C(=O)N1O. The van der Waals surface area contributed by atoms with Crippen LogP contribution in [0.5, 0.6) is 0 Å². The highest BCUT2D eigenvalue weighted by Gasteiger charge is 2.52. The molecule has 33 heavy (non-hydrogen) atoms. The van der Waals surface area contributed by atoms with Crippen LogP contribution in [0.2, 0.25) is 0 Å². The lowest BCUT2D eigenvalue weighted by Crippen LogP contribution is -2.56. The molecule has 4 heterocycles. The summed E-state index contributed by atoms with van der Waals surface area (Å²) < 4.78 is 30.2. The van der Waals surface area contributed by atoms with Crippen molar-refractivity contribution in [1.82, 2.24) is 24.6 Å². The third-order valence-electron chi connectivity index (χ3n) is 6.29. The van der Waals surface area contributed by atoms with Gasteiger partial charge in [-0.1, -0.05) is 19.3 Å². The van der Waals surface area contributed by atoms with Gasteiger partial charge in [0.1, 0.15) is 21.9 Å². The molecule has 1 amide bonds. The number of hydrogen-bond donors (Lipinski definition) is 3. The minimum absolute atomic E-state index is 0.109. The zero-order valence-electron chi connectivity index (χ0n) is 17.8. The summed E-state index contributed by atoms with van der Waals surface area (Å²) in [6.07, 6.45) is 5.69. The summed E-state index contributed by atoms with van der Waals surface area (Å²) in [5, 5.41) is 20.0. The molecule has 1 spiro atoms. The number of anilines is 2. The minimum Gasteiger partial charge on any atom is -0.354 e. The van der Waals surface area contributed by atoms with E-state index in [9.17, 15) is 18.4 Å². The summed E-state index contributed by atoms with van der Waals surface area (Å²) in [5.74, 6) is 0.136. The summed E-state index contributed by atoms with van der Waals surface area (Å²) in [6, 6.07) is 4.60. The number of primary sulfonamides is 1. The molecular formula is C20H23N7O5S. The van der Waals surface area contributed by atoms with Gasteiger partial charge in [0.15, 0.2) is 6.23 Å². The van der Waals surface area contributed by atoms with Gasteiger partial charge in [-0.15, -0.1) is 0 Å². The minimum atomic E-state index is -3.85. The van der Waals surface area contributed by atoms with Gasteiger partial charge in [0.25, 0.3) is 5.91 Å². The number of ether oxygens (including phenoxy) is 1. The Bertz CT molecular complexity index is 1330. The van der Waals surface area contributed by atoms with Gasteiger partial charge < -0.3 is 14.6 Å². The molecule has 0 bridgehead atoms. The summed E-state index contributed by atoms with van der Waals surface area (Å²) in [4.78, 5) is 26.2. The number of nitrogens with zero attached hydrogens (tertiary/aromatic N) is 5. The number of aromatic nitrogens is 4. The van der Waals surface area contributed by atoms with Crippen molar-refractivity contribution in [1.29, 1.82) is 0 Å². The van der Waals surface area contributed by atoms with E-state index in [-0.39, 0.29) is 10.8 Å². The lowest BCUT2D eigenvalue weighted by molar-refractivity contribution is -0.234. The Morgan fingerprint density at radius 2 is 1.97 bits per heavy atom. The van der Waals surface area contributed by atoms with Gasteiger partial charge in [-0.3, -0.25) is 10.0 Å². The molecule has 3 aromatic rings. The number of sulfonamides is 1. The summed E-state index contributed by atoms with van der Waals surface area (Å²) >= 11 is 0. The molecule has 3 aromatic heterocycles. The first-order valence-corrected chi connectivity index (χ1v) is 12.0. The standard InChI is InChI=1S/C20H23N7O5S/c1-32-17-14-9-12-10-23-19(24-15-6-5-13(11-22-15)33(21,30)31)25-16(12)26(14)20(18(28)27(17)29)7-3-2-4-8-20/h5-6,9-11,17,29H,2-4,7-8H2,1H3,(H2,21,30,31)(H,22,23,24,25). The highest BCUT2D eigenvalue weighted by molar-refractivity contribution is 7.89. The number of nitrogens with one attached hydrogen (secondary N) is 1. The molecule has 1 atom stereocenters. The van der Waals surface area contributed by atoms with E-state index >= 15 is 0 Å². The number of carbonyl (C=O) groups is 1. The zero-order chi connectivity index (χ0) is 23.4. The number of fused-ring (bicyclic) bond motifs is 4. The van der Waals surface area contributed by atoms with Gasteiger partial charge in [0, 0.05) is 24.9 Å². The van der Waals surface area contributed by atoms with Gasteiger partial charge in [-0.25, -0.2) is 23.5 Å². The molecule has 5 rings (SSSR count). The van der Waals surface area contributed by atoms with Gasteiger partial charge in [-0.2, -0.15) is 10.0 Å². The van der Waals surface area contributed by atoms with E-state index in [0.717, 1.165) is 25.5 Å². The molecule has 0 radical (unpaired) electrons. The maximum absolute atomic E-state index is 13.3. The first-order valence-electron chi connectivity index (χ1n) is 10.4. The monoisotopic (exact) mass is 473 g/mol. The van der Waals surface area contributed by atoms with Crippen LogP contribution in [0.25, 0.3) is 11.0 Å². The van der Waals surface area contributed by atoms with E-state index in [4.69, 9.17) is 9.88 Å². The topological polar surface area (TPSA) is 166 Å².